The second-order valence-corrected chi connectivity index (χ2v) is 12.3. The van der Waals surface area contributed by atoms with Crippen LogP contribution in [-0.4, -0.2) is 77.9 Å². The summed E-state index contributed by atoms with van der Waals surface area (Å²) in [5, 5.41) is 26.5. The number of ketones is 2. The Morgan fingerprint density at radius 3 is 2.51 bits per heavy atom. The van der Waals surface area contributed by atoms with Crippen LogP contribution in [0.4, 0.5) is 0 Å². The first kappa shape index (κ1) is 34.6. The number of hydrogen-bond donors (Lipinski definition) is 5. The van der Waals surface area contributed by atoms with Gasteiger partial charge in [0.05, 0.1) is 12.4 Å². The number of aliphatic hydroxyl groups excluding tert-OH is 2. The molecule has 4 unspecified atom stereocenters. The van der Waals surface area contributed by atoms with Crippen molar-refractivity contribution in [3.63, 3.8) is 0 Å². The number of carbonyl (C=O) groups excluding carboxylic acids is 3. The molecular weight excluding hydrogens is 574 g/mol. The zero-order chi connectivity index (χ0) is 32.6. The van der Waals surface area contributed by atoms with Gasteiger partial charge in [0.1, 0.15) is 6.10 Å². The number of esters is 1. The van der Waals surface area contributed by atoms with E-state index < -0.39 is 34.8 Å². The fourth-order valence-corrected chi connectivity index (χ4v) is 6.55. The summed E-state index contributed by atoms with van der Waals surface area (Å²) in [7, 11) is 0. The van der Waals surface area contributed by atoms with E-state index in [1.165, 1.54) is 6.07 Å². The number of allylic oxidation sites excluding steroid dienone is 3. The van der Waals surface area contributed by atoms with Crippen molar-refractivity contribution in [3.05, 3.63) is 70.1 Å². The van der Waals surface area contributed by atoms with Crippen molar-refractivity contribution >= 4 is 17.5 Å². The molecule has 1 aromatic carbocycles. The topological polar surface area (TPSA) is 164 Å². The van der Waals surface area contributed by atoms with Crippen LogP contribution >= 0.6 is 0 Å². The zero-order valence-electron chi connectivity index (χ0n) is 26.8. The number of dihydropyridines is 1. The average Bonchev–Trinajstić information content (AvgIpc) is 3.75. The minimum atomic E-state index is -2.14. The van der Waals surface area contributed by atoms with Gasteiger partial charge in [-0.1, -0.05) is 62.6 Å². The van der Waals surface area contributed by atoms with Crippen molar-refractivity contribution in [2.24, 2.45) is 11.7 Å². The second kappa shape index (κ2) is 15.3. The van der Waals surface area contributed by atoms with E-state index in [0.717, 1.165) is 37.0 Å². The molecule has 1 aliphatic carbocycles. The Hall–Kier alpha value is -3.31. The number of nitrogens with one attached hydrogen (secondary N) is 2. The number of Topliss-reactive ketones (excluding diaryl/α,β-unsaturated/α-hetero) is 2. The number of aliphatic hydroxyl groups is 2. The summed E-state index contributed by atoms with van der Waals surface area (Å²) < 4.78 is 12.3. The second-order valence-electron chi connectivity index (χ2n) is 12.3. The fraction of sp³-hybridized carbons (Fsp3) is 0.571. The number of carbonyl (C=O) groups is 3. The highest BCUT2D eigenvalue weighted by Gasteiger charge is 2.85. The summed E-state index contributed by atoms with van der Waals surface area (Å²) in [5.74, 6) is -1.40. The van der Waals surface area contributed by atoms with Crippen LogP contribution in [-0.2, 0) is 14.3 Å². The maximum Gasteiger partial charge on any atom is 0.350 e. The number of hydrogen-bond acceptors (Lipinski definition) is 10. The van der Waals surface area contributed by atoms with Crippen molar-refractivity contribution in [3.8, 4) is 0 Å². The van der Waals surface area contributed by atoms with E-state index in [2.05, 4.69) is 17.6 Å². The minimum Gasteiger partial charge on any atom is -0.459 e. The van der Waals surface area contributed by atoms with Gasteiger partial charge in [0, 0.05) is 43.2 Å². The largest absolute Gasteiger partial charge is 0.459 e. The van der Waals surface area contributed by atoms with E-state index in [0.29, 0.717) is 50.2 Å². The van der Waals surface area contributed by atoms with Crippen molar-refractivity contribution in [2.75, 3.05) is 32.8 Å². The third-order valence-corrected chi connectivity index (χ3v) is 9.32. The molecule has 2 heterocycles. The number of rotatable bonds is 18. The lowest BCUT2D eigenvalue weighted by molar-refractivity contribution is -0.157. The predicted octanol–water partition coefficient (Wildman–Crippen LogP) is 3.48. The van der Waals surface area contributed by atoms with E-state index in [-0.39, 0.29) is 36.7 Å². The van der Waals surface area contributed by atoms with E-state index in [9.17, 15) is 24.6 Å². The molecule has 10 nitrogen and oxygen atoms in total. The Balaban J connectivity index is 1.67. The normalized spacial score (nSPS) is 23.9. The molecule has 10 heteroatoms. The van der Waals surface area contributed by atoms with Gasteiger partial charge in [-0.25, -0.2) is 4.79 Å². The molecule has 0 bridgehead atoms. The molecule has 0 spiro atoms. The van der Waals surface area contributed by atoms with Crippen LogP contribution in [0.25, 0.3) is 0 Å². The molecule has 4 atom stereocenters. The smallest absolute Gasteiger partial charge is 0.350 e. The van der Waals surface area contributed by atoms with Crippen LogP contribution in [0.2, 0.25) is 0 Å². The lowest BCUT2D eigenvalue weighted by Crippen LogP contribution is -2.52. The Kier molecular flexibility index (Phi) is 11.8. The van der Waals surface area contributed by atoms with Gasteiger partial charge in [0.25, 0.3) is 5.60 Å². The van der Waals surface area contributed by atoms with Gasteiger partial charge in [-0.05, 0) is 62.8 Å². The number of unbranched alkanes of at least 4 members (excludes halogenated alkanes) is 1. The summed E-state index contributed by atoms with van der Waals surface area (Å²) in [4.78, 5) is 42.5. The van der Waals surface area contributed by atoms with Crippen LogP contribution in [0.3, 0.4) is 0 Å². The molecule has 246 valence electrons. The summed E-state index contributed by atoms with van der Waals surface area (Å²) in [6.07, 6.45) is 8.01. The number of fused-ring (bicyclic) bond motifs is 2. The van der Waals surface area contributed by atoms with Crippen LogP contribution in [0.15, 0.2) is 59.0 Å². The number of epoxide rings is 1. The molecule has 45 heavy (non-hydrogen) atoms. The Morgan fingerprint density at radius 2 is 1.87 bits per heavy atom. The maximum absolute atomic E-state index is 14.2. The Morgan fingerprint density at radius 1 is 1.13 bits per heavy atom. The molecule has 0 saturated carbocycles. The zero-order valence-corrected chi connectivity index (χ0v) is 26.8. The summed E-state index contributed by atoms with van der Waals surface area (Å²) in [6.45, 7) is 7.55. The standard InChI is InChI=1S/C35H49N3O7/c1-4-6-10-25(21-37-5-2)29(13-9-18-39)44-33(43)35-32(42)28-12-8-7-11-27(28)31(41)34(35,45-35)20-26(22-40)23(3)14-15-24-16-17-38-30(36)19-24/h7-8,11-12,16,19,25,29,37-40H,4-6,9-10,13-15,17-18,20-22,36H2,1-3H3. The van der Waals surface area contributed by atoms with Crippen molar-refractivity contribution in [1.29, 1.82) is 0 Å². The lowest BCUT2D eigenvalue weighted by atomic mass is 9.71. The van der Waals surface area contributed by atoms with Gasteiger partial charge in [-0.2, -0.15) is 0 Å². The SMILES string of the molecule is CCCCC(CNCC)C(CCCO)OC(=O)C12OC1(CC(CO)=C(C)CCC1=CCNC(N)=C1)C(=O)c1ccccc1C2=O. The van der Waals surface area contributed by atoms with E-state index >= 15 is 0 Å². The molecule has 1 fully saturated rings. The molecular formula is C35H49N3O7. The number of ether oxygens (including phenoxy) is 2. The molecule has 0 amide bonds. The monoisotopic (exact) mass is 623 g/mol. The molecule has 1 saturated heterocycles. The third kappa shape index (κ3) is 7.09. The number of benzene rings is 1. The summed E-state index contributed by atoms with van der Waals surface area (Å²) in [5.41, 5.74) is 4.74. The minimum absolute atomic E-state index is 0.0471. The predicted molar refractivity (Wildman–Crippen MR) is 171 cm³/mol. The average molecular weight is 624 g/mol. The molecule has 6 N–H and O–H groups in total. The molecule has 2 aliphatic heterocycles. The first-order valence-electron chi connectivity index (χ1n) is 16.3. The van der Waals surface area contributed by atoms with Gasteiger partial charge >= 0.3 is 5.97 Å². The van der Waals surface area contributed by atoms with Gasteiger partial charge in [-0.15, -0.1) is 0 Å². The van der Waals surface area contributed by atoms with E-state index in [1.54, 1.807) is 18.2 Å². The van der Waals surface area contributed by atoms with Crippen LogP contribution in [0.1, 0.15) is 92.9 Å². The third-order valence-electron chi connectivity index (χ3n) is 9.32. The van der Waals surface area contributed by atoms with E-state index in [4.69, 9.17) is 15.2 Å². The quantitative estimate of drug-likeness (QED) is 0.0708. The van der Waals surface area contributed by atoms with Gasteiger partial charge < -0.3 is 36.1 Å². The van der Waals surface area contributed by atoms with Gasteiger partial charge in [0.15, 0.2) is 11.4 Å². The van der Waals surface area contributed by atoms with Gasteiger partial charge in [0.2, 0.25) is 5.78 Å². The molecule has 0 aromatic heterocycles. The molecule has 3 aliphatic rings. The molecule has 0 radical (unpaired) electrons. The van der Waals surface area contributed by atoms with Crippen molar-refractivity contribution in [1.82, 2.24) is 10.6 Å². The highest BCUT2D eigenvalue weighted by Crippen LogP contribution is 2.59. The number of nitrogens with two attached hydrogens (primary N) is 1. The molecule has 1 aromatic rings. The van der Waals surface area contributed by atoms with Crippen LogP contribution in [0.5, 0.6) is 0 Å². The Labute approximate surface area is 266 Å². The van der Waals surface area contributed by atoms with Crippen molar-refractivity contribution < 1.29 is 34.1 Å². The van der Waals surface area contributed by atoms with Crippen LogP contribution < -0.4 is 16.4 Å². The van der Waals surface area contributed by atoms with Crippen LogP contribution in [0, 0.1) is 5.92 Å². The first-order valence-corrected chi connectivity index (χ1v) is 16.3. The van der Waals surface area contributed by atoms with E-state index in [1.807, 2.05) is 26.0 Å². The summed E-state index contributed by atoms with van der Waals surface area (Å²) >= 11 is 0. The fourth-order valence-electron chi connectivity index (χ4n) is 6.55. The first-order chi connectivity index (χ1) is 21.7. The van der Waals surface area contributed by atoms with Gasteiger partial charge in [-0.3, -0.25) is 9.59 Å². The Bertz CT molecular complexity index is 1340. The highest BCUT2D eigenvalue weighted by atomic mass is 16.7. The highest BCUT2D eigenvalue weighted by molar-refractivity contribution is 6.32. The van der Waals surface area contributed by atoms with Crippen molar-refractivity contribution in [2.45, 2.75) is 89.4 Å². The molecule has 4 rings (SSSR count). The lowest BCUT2D eigenvalue weighted by Gasteiger charge is -2.30. The maximum atomic E-state index is 14.2. The summed E-state index contributed by atoms with van der Waals surface area (Å²) in [6, 6.07) is 6.44.